The molecule has 0 radical (unpaired) electrons. The van der Waals surface area contributed by atoms with Crippen LogP contribution in [-0.4, -0.2) is 55.5 Å². The Hall–Kier alpha value is -1.17. The number of hydrogen-bond donors (Lipinski definition) is 1. The second kappa shape index (κ2) is 7.90. The molecular formula is C16H23ClFN3O. The Labute approximate surface area is 136 Å². The van der Waals surface area contributed by atoms with Crippen LogP contribution in [0, 0.1) is 5.82 Å². The van der Waals surface area contributed by atoms with Crippen molar-refractivity contribution in [1.29, 1.82) is 0 Å². The van der Waals surface area contributed by atoms with Crippen molar-refractivity contribution in [2.45, 2.75) is 19.4 Å². The minimum absolute atomic E-state index is 0.146. The van der Waals surface area contributed by atoms with E-state index in [2.05, 4.69) is 17.3 Å². The van der Waals surface area contributed by atoms with Gasteiger partial charge in [0.15, 0.2) is 0 Å². The molecule has 0 unspecified atom stereocenters. The van der Waals surface area contributed by atoms with Crippen LogP contribution in [0.5, 0.6) is 0 Å². The fourth-order valence-corrected chi connectivity index (χ4v) is 2.96. The highest BCUT2D eigenvalue weighted by molar-refractivity contribution is 6.31. The number of carbonyl (C=O) groups excluding carboxylic acids is 1. The summed E-state index contributed by atoms with van der Waals surface area (Å²) in [5.74, 6) is -0.176. The van der Waals surface area contributed by atoms with Gasteiger partial charge in [0.2, 0.25) is 5.91 Å². The SMILES string of the molecule is C[C@@H](NCCC(=O)N1CCN(C)CC1)c1c(F)cccc1Cl. The molecule has 1 aromatic carbocycles. The summed E-state index contributed by atoms with van der Waals surface area (Å²) in [6.07, 6.45) is 0.417. The highest BCUT2D eigenvalue weighted by Gasteiger charge is 2.19. The van der Waals surface area contributed by atoms with Crippen LogP contribution in [-0.2, 0) is 4.79 Å². The predicted molar refractivity (Wildman–Crippen MR) is 86.5 cm³/mol. The van der Waals surface area contributed by atoms with E-state index in [4.69, 9.17) is 11.6 Å². The van der Waals surface area contributed by atoms with Gasteiger partial charge in [-0.05, 0) is 26.1 Å². The van der Waals surface area contributed by atoms with Crippen LogP contribution in [0.25, 0.3) is 0 Å². The van der Waals surface area contributed by atoms with E-state index in [1.54, 1.807) is 12.1 Å². The van der Waals surface area contributed by atoms with Gasteiger partial charge in [0.1, 0.15) is 5.82 Å². The van der Waals surface area contributed by atoms with Crippen molar-refractivity contribution in [3.63, 3.8) is 0 Å². The first-order valence-electron chi connectivity index (χ1n) is 7.62. The molecule has 1 heterocycles. The van der Waals surface area contributed by atoms with Crippen LogP contribution >= 0.6 is 11.6 Å². The van der Waals surface area contributed by atoms with E-state index < -0.39 is 0 Å². The van der Waals surface area contributed by atoms with E-state index in [0.29, 0.717) is 23.6 Å². The van der Waals surface area contributed by atoms with Gasteiger partial charge in [-0.3, -0.25) is 4.79 Å². The first-order valence-corrected chi connectivity index (χ1v) is 8.00. The minimum atomic E-state index is -0.321. The monoisotopic (exact) mass is 327 g/mol. The fraction of sp³-hybridized carbons (Fsp3) is 0.562. The Kier molecular flexibility index (Phi) is 6.17. The number of amides is 1. The zero-order valence-corrected chi connectivity index (χ0v) is 13.9. The van der Waals surface area contributed by atoms with Gasteiger partial charge in [0.05, 0.1) is 0 Å². The van der Waals surface area contributed by atoms with Gasteiger partial charge < -0.3 is 15.1 Å². The van der Waals surface area contributed by atoms with Gasteiger partial charge in [-0.1, -0.05) is 17.7 Å². The van der Waals surface area contributed by atoms with Crippen molar-refractivity contribution in [1.82, 2.24) is 15.1 Å². The fourth-order valence-electron chi connectivity index (χ4n) is 2.64. The normalized spacial score (nSPS) is 17.5. The molecule has 0 aliphatic carbocycles. The quantitative estimate of drug-likeness (QED) is 0.901. The largest absolute Gasteiger partial charge is 0.340 e. The van der Waals surface area contributed by atoms with E-state index in [9.17, 15) is 9.18 Å². The minimum Gasteiger partial charge on any atom is -0.340 e. The van der Waals surface area contributed by atoms with Crippen molar-refractivity contribution in [3.8, 4) is 0 Å². The lowest BCUT2D eigenvalue weighted by atomic mass is 10.1. The lowest BCUT2D eigenvalue weighted by molar-refractivity contribution is -0.132. The van der Waals surface area contributed by atoms with Gasteiger partial charge in [-0.15, -0.1) is 0 Å². The molecule has 1 aromatic rings. The maximum atomic E-state index is 13.8. The van der Waals surface area contributed by atoms with Crippen molar-refractivity contribution in [2.75, 3.05) is 39.8 Å². The van der Waals surface area contributed by atoms with Gasteiger partial charge in [0.25, 0.3) is 0 Å². The first-order chi connectivity index (χ1) is 10.5. The van der Waals surface area contributed by atoms with Crippen LogP contribution in [0.15, 0.2) is 18.2 Å². The summed E-state index contributed by atoms with van der Waals surface area (Å²) in [6.45, 7) is 5.76. The molecule has 1 aliphatic heterocycles. The molecule has 1 aliphatic rings. The molecule has 4 nitrogen and oxygen atoms in total. The third-order valence-corrected chi connectivity index (χ3v) is 4.41. The summed E-state index contributed by atoms with van der Waals surface area (Å²) in [4.78, 5) is 16.2. The van der Waals surface area contributed by atoms with Crippen molar-refractivity contribution < 1.29 is 9.18 Å². The molecule has 1 fully saturated rings. The maximum absolute atomic E-state index is 13.8. The molecule has 0 spiro atoms. The molecule has 2 rings (SSSR count). The Morgan fingerprint density at radius 2 is 2.05 bits per heavy atom. The van der Waals surface area contributed by atoms with E-state index >= 15 is 0 Å². The van der Waals surface area contributed by atoms with Gasteiger partial charge >= 0.3 is 0 Å². The zero-order chi connectivity index (χ0) is 16.1. The van der Waals surface area contributed by atoms with E-state index in [0.717, 1.165) is 26.2 Å². The smallest absolute Gasteiger partial charge is 0.223 e. The van der Waals surface area contributed by atoms with Gasteiger partial charge in [0, 0.05) is 55.8 Å². The van der Waals surface area contributed by atoms with Gasteiger partial charge in [-0.25, -0.2) is 4.39 Å². The molecule has 1 amide bonds. The third kappa shape index (κ3) is 4.41. The number of rotatable bonds is 5. The molecule has 0 aromatic heterocycles. The molecule has 122 valence electrons. The van der Waals surface area contributed by atoms with E-state index in [1.165, 1.54) is 6.07 Å². The van der Waals surface area contributed by atoms with Crippen molar-refractivity contribution >= 4 is 17.5 Å². The highest BCUT2D eigenvalue weighted by atomic mass is 35.5. The second-order valence-corrected chi connectivity index (χ2v) is 6.15. The van der Waals surface area contributed by atoms with Crippen molar-refractivity contribution in [2.24, 2.45) is 0 Å². The molecule has 0 saturated carbocycles. The predicted octanol–water partition coefficient (Wildman–Crippen LogP) is 2.29. The number of carbonyl (C=O) groups is 1. The van der Waals surface area contributed by atoms with Crippen LogP contribution in [0.4, 0.5) is 4.39 Å². The topological polar surface area (TPSA) is 35.6 Å². The molecule has 0 bridgehead atoms. The molecule has 1 N–H and O–H groups in total. The summed E-state index contributed by atoms with van der Waals surface area (Å²) in [5, 5.41) is 3.58. The summed E-state index contributed by atoms with van der Waals surface area (Å²) in [7, 11) is 2.06. The van der Waals surface area contributed by atoms with E-state index in [-0.39, 0.29) is 17.8 Å². The summed E-state index contributed by atoms with van der Waals surface area (Å²) >= 11 is 6.04. The number of hydrogen-bond acceptors (Lipinski definition) is 3. The van der Waals surface area contributed by atoms with Crippen LogP contribution in [0.1, 0.15) is 24.9 Å². The number of piperazine rings is 1. The highest BCUT2D eigenvalue weighted by Crippen LogP contribution is 2.25. The number of likely N-dealkylation sites (N-methyl/N-ethyl adjacent to an activating group) is 1. The van der Waals surface area contributed by atoms with Crippen molar-refractivity contribution in [3.05, 3.63) is 34.6 Å². The van der Waals surface area contributed by atoms with Gasteiger partial charge in [-0.2, -0.15) is 0 Å². The van der Waals surface area contributed by atoms with Crippen LogP contribution in [0.3, 0.4) is 0 Å². The zero-order valence-electron chi connectivity index (χ0n) is 13.1. The summed E-state index contributed by atoms with van der Waals surface area (Å²) in [6, 6.07) is 4.43. The van der Waals surface area contributed by atoms with E-state index in [1.807, 2.05) is 11.8 Å². The molecule has 6 heteroatoms. The lowest BCUT2D eigenvalue weighted by Gasteiger charge is -2.32. The van der Waals surface area contributed by atoms with Crippen LogP contribution in [0.2, 0.25) is 5.02 Å². The lowest BCUT2D eigenvalue weighted by Crippen LogP contribution is -2.47. The Morgan fingerprint density at radius 1 is 1.36 bits per heavy atom. The average molecular weight is 328 g/mol. The summed E-state index contributed by atoms with van der Waals surface area (Å²) in [5.41, 5.74) is 0.455. The Balaban J connectivity index is 1.79. The number of halogens is 2. The third-order valence-electron chi connectivity index (χ3n) is 4.08. The number of nitrogens with one attached hydrogen (secondary N) is 1. The first kappa shape index (κ1) is 17.2. The Morgan fingerprint density at radius 3 is 2.68 bits per heavy atom. The summed E-state index contributed by atoms with van der Waals surface area (Å²) < 4.78 is 13.8. The molecular weight excluding hydrogens is 305 g/mol. The molecule has 1 saturated heterocycles. The Bertz CT molecular complexity index is 498. The molecule has 1 atom stereocenters. The maximum Gasteiger partial charge on any atom is 0.223 e. The van der Waals surface area contributed by atoms with Crippen LogP contribution < -0.4 is 5.32 Å². The standard InChI is InChI=1S/C16H23ClFN3O/c1-12(16-13(17)4-3-5-14(16)18)19-7-6-15(22)21-10-8-20(2)9-11-21/h3-5,12,19H,6-11H2,1-2H3/t12-/m1/s1. The second-order valence-electron chi connectivity index (χ2n) is 5.75. The number of nitrogens with zero attached hydrogens (tertiary/aromatic N) is 2. The number of benzene rings is 1. The molecule has 22 heavy (non-hydrogen) atoms. The average Bonchev–Trinajstić information content (AvgIpc) is 2.47.